The largest absolute Gasteiger partial charge is 0.198 e. The number of benzene rings is 1. The summed E-state index contributed by atoms with van der Waals surface area (Å²) in [5.41, 5.74) is 1.26. The molecule has 0 aliphatic rings. The smallest absolute Gasteiger partial charge is 0.0630 e. The molecule has 0 bridgehead atoms. The van der Waals surface area contributed by atoms with Gasteiger partial charge in [0.15, 0.2) is 0 Å². The molecule has 0 N–H and O–H groups in total. The van der Waals surface area contributed by atoms with Gasteiger partial charge < -0.3 is 0 Å². The number of nitriles is 1. The lowest BCUT2D eigenvalue weighted by molar-refractivity contribution is 1.23. The predicted molar refractivity (Wildman–Crippen MR) is 57.8 cm³/mol. The van der Waals surface area contributed by atoms with Gasteiger partial charge in [0.25, 0.3) is 0 Å². The summed E-state index contributed by atoms with van der Waals surface area (Å²) in [5, 5.41) is 9.09. The van der Waals surface area contributed by atoms with E-state index in [9.17, 15) is 0 Å². The molecule has 0 spiro atoms. The van der Waals surface area contributed by atoms with E-state index in [1.165, 1.54) is 5.56 Å². The molecule has 0 atom stereocenters. The lowest BCUT2D eigenvalue weighted by atomic mass is 10.2. The molecule has 0 heterocycles. The van der Waals surface area contributed by atoms with E-state index < -0.39 is 0 Å². The Morgan fingerprint density at radius 2 is 2.00 bits per heavy atom. The first-order valence-electron chi connectivity index (χ1n) is 4.02. The van der Waals surface area contributed by atoms with Gasteiger partial charge in [-0.1, -0.05) is 23.7 Å². The number of rotatable bonds is 4. The van der Waals surface area contributed by atoms with Crippen LogP contribution in [0.1, 0.15) is 12.0 Å². The van der Waals surface area contributed by atoms with E-state index >= 15 is 0 Å². The van der Waals surface area contributed by atoms with Crippen LogP contribution in [0.2, 0.25) is 5.02 Å². The molecule has 0 radical (unpaired) electrons. The average molecular weight is 212 g/mol. The normalized spacial score (nSPS) is 9.54. The van der Waals surface area contributed by atoms with Crippen LogP contribution < -0.4 is 0 Å². The molecule has 1 nitrogen and oxygen atoms in total. The van der Waals surface area contributed by atoms with Crippen molar-refractivity contribution in [1.82, 2.24) is 0 Å². The van der Waals surface area contributed by atoms with Gasteiger partial charge in [-0.05, 0) is 17.7 Å². The number of hydrogen-bond donors (Lipinski definition) is 0. The van der Waals surface area contributed by atoms with Crippen LogP contribution in [0.25, 0.3) is 0 Å². The Balaban J connectivity index is 2.30. The van der Waals surface area contributed by atoms with Crippen LogP contribution in [0, 0.1) is 11.3 Å². The number of hydrogen-bond acceptors (Lipinski definition) is 2. The summed E-state index contributed by atoms with van der Waals surface area (Å²) in [6.45, 7) is 0. The molecule has 0 aliphatic carbocycles. The zero-order valence-electron chi connectivity index (χ0n) is 7.16. The van der Waals surface area contributed by atoms with Gasteiger partial charge in [-0.25, -0.2) is 0 Å². The van der Waals surface area contributed by atoms with Crippen LogP contribution in [-0.2, 0) is 5.75 Å². The molecule has 0 amide bonds. The van der Waals surface area contributed by atoms with E-state index in [4.69, 9.17) is 16.9 Å². The lowest BCUT2D eigenvalue weighted by Crippen LogP contribution is -1.81. The molecule has 0 unspecified atom stereocenters. The maximum Gasteiger partial charge on any atom is 0.0630 e. The van der Waals surface area contributed by atoms with Crippen LogP contribution in [-0.4, -0.2) is 5.75 Å². The summed E-state index contributed by atoms with van der Waals surface area (Å²) in [6.07, 6.45) is 0.623. The van der Waals surface area contributed by atoms with Crippen LogP contribution in [0.15, 0.2) is 24.3 Å². The monoisotopic (exact) mass is 211 g/mol. The highest BCUT2D eigenvalue weighted by Crippen LogP contribution is 2.15. The topological polar surface area (TPSA) is 23.8 Å². The molecule has 0 fully saturated rings. The second kappa shape index (κ2) is 5.90. The SMILES string of the molecule is N#CCCSCc1ccc(Cl)cc1. The fourth-order valence-corrected chi connectivity index (χ4v) is 1.82. The molecule has 13 heavy (non-hydrogen) atoms. The lowest BCUT2D eigenvalue weighted by Gasteiger charge is -1.99. The molecule has 0 aliphatic heterocycles. The van der Waals surface area contributed by atoms with Crippen molar-refractivity contribution >= 4 is 23.4 Å². The zero-order chi connectivity index (χ0) is 9.52. The van der Waals surface area contributed by atoms with Crippen LogP contribution in [0.4, 0.5) is 0 Å². The Bertz CT molecular complexity index is 289. The summed E-state index contributed by atoms with van der Waals surface area (Å²) >= 11 is 7.52. The third-order valence-electron chi connectivity index (χ3n) is 1.54. The van der Waals surface area contributed by atoms with Gasteiger partial charge in [0.1, 0.15) is 0 Å². The standard InChI is InChI=1S/C10H10ClNS/c11-10-4-2-9(3-5-10)8-13-7-1-6-12/h2-5H,1,7-8H2. The second-order valence-corrected chi connectivity index (χ2v) is 4.13. The van der Waals surface area contributed by atoms with Gasteiger partial charge in [0, 0.05) is 22.9 Å². The molecule has 3 heteroatoms. The van der Waals surface area contributed by atoms with Crippen molar-refractivity contribution < 1.29 is 0 Å². The molecular weight excluding hydrogens is 202 g/mol. The summed E-state index contributed by atoms with van der Waals surface area (Å²) in [4.78, 5) is 0. The number of thioether (sulfide) groups is 1. The minimum atomic E-state index is 0.623. The van der Waals surface area contributed by atoms with Gasteiger partial charge in [-0.2, -0.15) is 17.0 Å². The Morgan fingerprint density at radius 3 is 2.62 bits per heavy atom. The molecule has 1 aromatic rings. The fraction of sp³-hybridized carbons (Fsp3) is 0.300. The first-order chi connectivity index (χ1) is 6.33. The average Bonchev–Trinajstić information content (AvgIpc) is 2.15. The van der Waals surface area contributed by atoms with Crippen molar-refractivity contribution in [2.75, 3.05) is 5.75 Å². The summed E-state index contributed by atoms with van der Waals surface area (Å²) in [5.74, 6) is 1.86. The second-order valence-electron chi connectivity index (χ2n) is 2.59. The van der Waals surface area contributed by atoms with Gasteiger partial charge in [0.2, 0.25) is 0 Å². The van der Waals surface area contributed by atoms with Gasteiger partial charge in [0.05, 0.1) is 6.07 Å². The van der Waals surface area contributed by atoms with E-state index in [1.807, 2.05) is 24.3 Å². The Hall–Kier alpha value is -0.650. The molecule has 68 valence electrons. The molecule has 0 aromatic heterocycles. The Morgan fingerprint density at radius 1 is 1.31 bits per heavy atom. The summed E-state index contributed by atoms with van der Waals surface area (Å²) in [6, 6.07) is 9.93. The summed E-state index contributed by atoms with van der Waals surface area (Å²) in [7, 11) is 0. The van der Waals surface area contributed by atoms with Crippen molar-refractivity contribution in [2.45, 2.75) is 12.2 Å². The number of nitrogens with zero attached hydrogens (tertiary/aromatic N) is 1. The van der Waals surface area contributed by atoms with Crippen molar-refractivity contribution in [3.8, 4) is 6.07 Å². The Labute approximate surface area is 87.7 Å². The molecular formula is C10H10ClNS. The molecule has 1 rings (SSSR count). The van der Waals surface area contributed by atoms with Crippen molar-refractivity contribution in [3.05, 3.63) is 34.9 Å². The van der Waals surface area contributed by atoms with Crippen molar-refractivity contribution in [3.63, 3.8) is 0 Å². The van der Waals surface area contributed by atoms with E-state index in [2.05, 4.69) is 6.07 Å². The Kier molecular flexibility index (Phi) is 4.74. The third kappa shape index (κ3) is 4.21. The minimum absolute atomic E-state index is 0.623. The van der Waals surface area contributed by atoms with E-state index in [0.29, 0.717) is 6.42 Å². The first kappa shape index (κ1) is 10.4. The van der Waals surface area contributed by atoms with Crippen molar-refractivity contribution in [1.29, 1.82) is 5.26 Å². The fourth-order valence-electron chi connectivity index (χ4n) is 0.888. The quantitative estimate of drug-likeness (QED) is 0.712. The summed E-state index contributed by atoms with van der Waals surface area (Å²) < 4.78 is 0. The van der Waals surface area contributed by atoms with Crippen molar-refractivity contribution in [2.24, 2.45) is 0 Å². The van der Waals surface area contributed by atoms with Gasteiger partial charge >= 0.3 is 0 Å². The van der Waals surface area contributed by atoms with Gasteiger partial charge in [-0.15, -0.1) is 0 Å². The predicted octanol–water partition coefficient (Wildman–Crippen LogP) is 3.49. The van der Waals surface area contributed by atoms with Crippen LogP contribution >= 0.6 is 23.4 Å². The van der Waals surface area contributed by atoms with Gasteiger partial charge in [-0.3, -0.25) is 0 Å². The highest BCUT2D eigenvalue weighted by atomic mass is 35.5. The van der Waals surface area contributed by atoms with E-state index in [1.54, 1.807) is 11.8 Å². The third-order valence-corrected chi connectivity index (χ3v) is 2.82. The number of halogens is 1. The molecule has 0 saturated heterocycles. The highest BCUT2D eigenvalue weighted by Gasteiger charge is 1.93. The van der Waals surface area contributed by atoms with Crippen LogP contribution in [0.5, 0.6) is 0 Å². The zero-order valence-corrected chi connectivity index (χ0v) is 8.74. The van der Waals surface area contributed by atoms with Crippen LogP contribution in [0.3, 0.4) is 0 Å². The highest BCUT2D eigenvalue weighted by molar-refractivity contribution is 7.98. The van der Waals surface area contributed by atoms with E-state index in [-0.39, 0.29) is 0 Å². The maximum atomic E-state index is 8.32. The van der Waals surface area contributed by atoms with E-state index in [0.717, 1.165) is 16.5 Å². The maximum absolute atomic E-state index is 8.32. The minimum Gasteiger partial charge on any atom is -0.198 e. The molecule has 1 aromatic carbocycles. The molecule has 0 saturated carbocycles. The first-order valence-corrected chi connectivity index (χ1v) is 5.55.